The first-order chi connectivity index (χ1) is 8.75. The first kappa shape index (κ1) is 14.9. The van der Waals surface area contributed by atoms with E-state index < -0.39 is 29.0 Å². The Morgan fingerprint density at radius 2 is 2.16 bits per heavy atom. The van der Waals surface area contributed by atoms with Crippen LogP contribution < -0.4 is 5.73 Å². The molecule has 102 valence electrons. The van der Waals surface area contributed by atoms with Crippen LogP contribution >= 0.6 is 0 Å². The molecule has 0 amide bonds. The number of esters is 1. The van der Waals surface area contributed by atoms with Crippen molar-refractivity contribution in [2.75, 3.05) is 7.11 Å². The Bertz CT molecular complexity index is 550. The highest BCUT2D eigenvalue weighted by Gasteiger charge is 2.38. The van der Waals surface area contributed by atoms with Crippen molar-refractivity contribution in [2.24, 2.45) is 11.1 Å². The Hall–Kier alpha value is -2.13. The number of rotatable bonds is 3. The highest BCUT2D eigenvalue weighted by atomic mass is 19.1. The van der Waals surface area contributed by atoms with Gasteiger partial charge in [0.25, 0.3) is 0 Å². The van der Waals surface area contributed by atoms with Gasteiger partial charge in [0.15, 0.2) is 11.6 Å². The Kier molecular flexibility index (Phi) is 4.12. The third-order valence-electron chi connectivity index (χ3n) is 3.05. The number of phenolic OH excluding ortho intramolecular Hbond substituents is 1. The van der Waals surface area contributed by atoms with Crippen molar-refractivity contribution in [1.29, 1.82) is 5.26 Å². The van der Waals surface area contributed by atoms with Crippen LogP contribution in [0.25, 0.3) is 0 Å². The number of ether oxygens (including phenoxy) is 1. The minimum Gasteiger partial charge on any atom is -0.505 e. The van der Waals surface area contributed by atoms with E-state index in [4.69, 9.17) is 11.0 Å². The fourth-order valence-corrected chi connectivity index (χ4v) is 1.70. The summed E-state index contributed by atoms with van der Waals surface area (Å²) in [5.74, 6) is -2.21. The number of hydrogen-bond donors (Lipinski definition) is 2. The van der Waals surface area contributed by atoms with E-state index in [1.807, 2.05) is 0 Å². The second-order valence-electron chi connectivity index (χ2n) is 4.70. The van der Waals surface area contributed by atoms with Crippen molar-refractivity contribution < 1.29 is 19.0 Å². The summed E-state index contributed by atoms with van der Waals surface area (Å²) in [7, 11) is 1.21. The maximum absolute atomic E-state index is 13.5. The van der Waals surface area contributed by atoms with Gasteiger partial charge in [-0.15, -0.1) is 0 Å². The van der Waals surface area contributed by atoms with Crippen LogP contribution in [0.15, 0.2) is 12.1 Å². The molecule has 1 aromatic rings. The molecule has 0 heterocycles. The van der Waals surface area contributed by atoms with E-state index in [-0.39, 0.29) is 11.1 Å². The summed E-state index contributed by atoms with van der Waals surface area (Å²) in [4.78, 5) is 11.7. The van der Waals surface area contributed by atoms with Gasteiger partial charge in [-0.05, 0) is 26.0 Å². The van der Waals surface area contributed by atoms with Gasteiger partial charge in [0, 0.05) is 11.6 Å². The minimum atomic E-state index is -1.17. The minimum absolute atomic E-state index is 0.00745. The summed E-state index contributed by atoms with van der Waals surface area (Å²) in [5.41, 5.74) is 4.74. The average molecular weight is 266 g/mol. The summed E-state index contributed by atoms with van der Waals surface area (Å²) in [6.07, 6.45) is 0. The van der Waals surface area contributed by atoms with Crippen LogP contribution in [-0.4, -0.2) is 18.2 Å². The van der Waals surface area contributed by atoms with Crippen LogP contribution in [-0.2, 0) is 9.53 Å². The summed E-state index contributed by atoms with van der Waals surface area (Å²) in [6.45, 7) is 3.03. The highest BCUT2D eigenvalue weighted by molar-refractivity contribution is 5.77. The number of nitriles is 1. The fraction of sp³-hybridized carbons (Fsp3) is 0.385. The molecule has 3 N–H and O–H groups in total. The Morgan fingerprint density at radius 1 is 1.58 bits per heavy atom. The summed E-state index contributed by atoms with van der Waals surface area (Å²) < 4.78 is 18.1. The van der Waals surface area contributed by atoms with Crippen LogP contribution in [0.4, 0.5) is 4.39 Å². The molecule has 0 bridgehead atoms. The zero-order valence-corrected chi connectivity index (χ0v) is 10.9. The van der Waals surface area contributed by atoms with Gasteiger partial charge in [-0.3, -0.25) is 4.79 Å². The van der Waals surface area contributed by atoms with Gasteiger partial charge < -0.3 is 15.6 Å². The van der Waals surface area contributed by atoms with Gasteiger partial charge >= 0.3 is 5.97 Å². The SMILES string of the molecule is COC(=O)C(C)(C)[C@H](N)c1cc(C#N)cc(F)c1O. The number of phenols is 1. The van der Waals surface area contributed by atoms with Gasteiger partial charge in [0.1, 0.15) is 0 Å². The van der Waals surface area contributed by atoms with E-state index in [1.165, 1.54) is 27.0 Å². The van der Waals surface area contributed by atoms with Crippen LogP contribution in [0, 0.1) is 22.6 Å². The maximum Gasteiger partial charge on any atom is 0.313 e. The van der Waals surface area contributed by atoms with Crippen molar-refractivity contribution in [2.45, 2.75) is 19.9 Å². The molecule has 5 nitrogen and oxygen atoms in total. The van der Waals surface area contributed by atoms with Crippen molar-refractivity contribution in [3.05, 3.63) is 29.1 Å². The predicted octanol–water partition coefficient (Wildman–Crippen LogP) is 1.60. The number of nitrogens with zero attached hydrogens (tertiary/aromatic N) is 1. The van der Waals surface area contributed by atoms with E-state index >= 15 is 0 Å². The van der Waals surface area contributed by atoms with Crippen LogP contribution in [0.1, 0.15) is 31.0 Å². The van der Waals surface area contributed by atoms with Crippen LogP contribution in [0.3, 0.4) is 0 Å². The molecule has 0 radical (unpaired) electrons. The number of hydrogen-bond acceptors (Lipinski definition) is 5. The van der Waals surface area contributed by atoms with Crippen molar-refractivity contribution in [1.82, 2.24) is 0 Å². The van der Waals surface area contributed by atoms with Gasteiger partial charge in [-0.1, -0.05) is 0 Å². The molecule has 1 aromatic carbocycles. The standard InChI is InChI=1S/C13H15FN2O3/c1-13(2,12(18)19-3)11(16)8-4-7(6-15)5-9(14)10(8)17/h4-5,11,17H,16H2,1-3H3/t11-/m1/s1. The molecular formula is C13H15FN2O3. The second-order valence-corrected chi connectivity index (χ2v) is 4.70. The Labute approximate surface area is 110 Å². The van der Waals surface area contributed by atoms with E-state index in [0.717, 1.165) is 6.07 Å². The topological polar surface area (TPSA) is 96.3 Å². The molecule has 6 heteroatoms. The molecule has 0 aromatic heterocycles. The first-order valence-electron chi connectivity index (χ1n) is 5.52. The molecule has 0 fully saturated rings. The van der Waals surface area contributed by atoms with Crippen molar-refractivity contribution >= 4 is 5.97 Å². The van der Waals surface area contributed by atoms with E-state index in [0.29, 0.717) is 0 Å². The maximum atomic E-state index is 13.5. The lowest BCUT2D eigenvalue weighted by Crippen LogP contribution is -2.37. The zero-order valence-electron chi connectivity index (χ0n) is 10.9. The molecule has 19 heavy (non-hydrogen) atoms. The Morgan fingerprint density at radius 3 is 2.63 bits per heavy atom. The summed E-state index contributed by atoms with van der Waals surface area (Å²) >= 11 is 0. The lowest BCUT2D eigenvalue weighted by atomic mass is 9.80. The molecule has 0 aliphatic heterocycles. The number of halogens is 1. The van der Waals surface area contributed by atoms with Gasteiger partial charge in [0.05, 0.1) is 24.2 Å². The fourth-order valence-electron chi connectivity index (χ4n) is 1.70. The van der Waals surface area contributed by atoms with Crippen LogP contribution in [0.5, 0.6) is 5.75 Å². The molecular weight excluding hydrogens is 251 g/mol. The lowest BCUT2D eigenvalue weighted by molar-refractivity contribution is -0.152. The zero-order chi connectivity index (χ0) is 14.8. The van der Waals surface area contributed by atoms with Gasteiger partial charge in [-0.2, -0.15) is 5.26 Å². The number of nitrogens with two attached hydrogens (primary N) is 1. The number of aromatic hydroxyl groups is 1. The van der Waals surface area contributed by atoms with Gasteiger partial charge in [-0.25, -0.2) is 4.39 Å². The average Bonchev–Trinajstić information content (AvgIpc) is 2.39. The van der Waals surface area contributed by atoms with E-state index in [2.05, 4.69) is 4.74 Å². The second kappa shape index (κ2) is 5.24. The smallest absolute Gasteiger partial charge is 0.313 e. The number of benzene rings is 1. The molecule has 0 saturated carbocycles. The normalized spacial score (nSPS) is 12.6. The molecule has 0 spiro atoms. The van der Waals surface area contributed by atoms with E-state index in [1.54, 1.807) is 6.07 Å². The first-order valence-corrected chi connectivity index (χ1v) is 5.52. The lowest BCUT2D eigenvalue weighted by Gasteiger charge is -2.29. The summed E-state index contributed by atoms with van der Waals surface area (Å²) in [6, 6.07) is 2.91. The largest absolute Gasteiger partial charge is 0.505 e. The Balaban J connectivity index is 3.34. The van der Waals surface area contributed by atoms with Crippen LogP contribution in [0.2, 0.25) is 0 Å². The molecule has 1 rings (SSSR count). The highest BCUT2D eigenvalue weighted by Crippen LogP contribution is 2.38. The predicted molar refractivity (Wildman–Crippen MR) is 65.5 cm³/mol. The monoisotopic (exact) mass is 266 g/mol. The third kappa shape index (κ3) is 2.66. The number of methoxy groups -OCH3 is 1. The summed E-state index contributed by atoms with van der Waals surface area (Å²) in [5, 5.41) is 18.5. The number of carbonyl (C=O) groups is 1. The van der Waals surface area contributed by atoms with Crippen molar-refractivity contribution in [3.8, 4) is 11.8 Å². The van der Waals surface area contributed by atoms with Crippen molar-refractivity contribution in [3.63, 3.8) is 0 Å². The third-order valence-corrected chi connectivity index (χ3v) is 3.05. The molecule has 0 aliphatic rings. The molecule has 0 unspecified atom stereocenters. The molecule has 0 aliphatic carbocycles. The van der Waals surface area contributed by atoms with Gasteiger partial charge in [0.2, 0.25) is 0 Å². The number of carbonyl (C=O) groups excluding carboxylic acids is 1. The molecule has 0 saturated heterocycles. The van der Waals surface area contributed by atoms with E-state index in [9.17, 15) is 14.3 Å². The molecule has 1 atom stereocenters. The quantitative estimate of drug-likeness (QED) is 0.810.